The summed E-state index contributed by atoms with van der Waals surface area (Å²) >= 11 is 3.26. The molecular formula is C13H18BrNO5S. The van der Waals surface area contributed by atoms with Crippen LogP contribution in [0.25, 0.3) is 0 Å². The van der Waals surface area contributed by atoms with Gasteiger partial charge in [-0.15, -0.1) is 0 Å². The van der Waals surface area contributed by atoms with E-state index in [1.165, 1.54) is 26.2 Å². The van der Waals surface area contributed by atoms with Crippen molar-refractivity contribution in [1.29, 1.82) is 0 Å². The van der Waals surface area contributed by atoms with Crippen LogP contribution in [0, 0.1) is 5.92 Å². The molecule has 0 aliphatic carbocycles. The highest BCUT2D eigenvalue weighted by atomic mass is 79.9. The minimum absolute atomic E-state index is 0.0713. The van der Waals surface area contributed by atoms with Gasteiger partial charge in [-0.2, -0.15) is 4.31 Å². The molecule has 8 heteroatoms. The molecule has 1 rings (SSSR count). The molecule has 0 saturated heterocycles. The van der Waals surface area contributed by atoms with Crippen LogP contribution in [0.5, 0.6) is 5.75 Å². The van der Waals surface area contributed by atoms with Crippen LogP contribution in [0.2, 0.25) is 0 Å². The summed E-state index contributed by atoms with van der Waals surface area (Å²) in [4.78, 5) is 11.0. The Hall–Kier alpha value is -1.12. The average Bonchev–Trinajstić information content (AvgIpc) is 2.44. The second-order valence-electron chi connectivity index (χ2n) is 4.49. The molecule has 0 radical (unpaired) electrons. The number of nitrogens with zero attached hydrogens (tertiary/aromatic N) is 1. The van der Waals surface area contributed by atoms with E-state index in [-0.39, 0.29) is 18.0 Å². The van der Waals surface area contributed by atoms with E-state index in [4.69, 9.17) is 9.84 Å². The molecule has 1 N–H and O–H groups in total. The number of ether oxygens (including phenoxy) is 1. The number of rotatable bonds is 7. The molecule has 0 heterocycles. The number of carboxylic acid groups (broad SMARTS) is 1. The van der Waals surface area contributed by atoms with E-state index in [0.29, 0.717) is 10.2 Å². The van der Waals surface area contributed by atoms with Gasteiger partial charge in [-0.1, -0.05) is 13.8 Å². The van der Waals surface area contributed by atoms with E-state index in [1.807, 2.05) is 0 Å². The van der Waals surface area contributed by atoms with Gasteiger partial charge in [0.1, 0.15) is 5.75 Å². The lowest BCUT2D eigenvalue weighted by Crippen LogP contribution is -2.36. The summed E-state index contributed by atoms with van der Waals surface area (Å²) in [5.74, 6) is -1.41. The molecule has 118 valence electrons. The lowest BCUT2D eigenvalue weighted by atomic mass is 10.2. The van der Waals surface area contributed by atoms with Crippen LogP contribution >= 0.6 is 15.9 Å². The zero-order chi connectivity index (χ0) is 16.2. The molecule has 1 aromatic carbocycles. The molecule has 0 spiro atoms. The number of carboxylic acids is 1. The monoisotopic (exact) mass is 379 g/mol. The van der Waals surface area contributed by atoms with Gasteiger partial charge in [-0.3, -0.25) is 4.79 Å². The Kier molecular flexibility index (Phi) is 6.18. The first kappa shape index (κ1) is 17.9. The first-order chi connectivity index (χ1) is 9.73. The Morgan fingerprint density at radius 2 is 2.10 bits per heavy atom. The molecule has 0 fully saturated rings. The van der Waals surface area contributed by atoms with Crippen molar-refractivity contribution in [2.24, 2.45) is 5.92 Å². The number of halogens is 1. The molecule has 0 aromatic heterocycles. The van der Waals surface area contributed by atoms with E-state index in [9.17, 15) is 13.2 Å². The summed E-state index contributed by atoms with van der Waals surface area (Å²) in [6, 6.07) is 4.45. The number of hydrogen-bond donors (Lipinski definition) is 1. The van der Waals surface area contributed by atoms with Crippen LogP contribution in [0.4, 0.5) is 0 Å². The van der Waals surface area contributed by atoms with E-state index >= 15 is 0 Å². The number of hydrogen-bond acceptors (Lipinski definition) is 4. The van der Waals surface area contributed by atoms with Gasteiger partial charge in [0.25, 0.3) is 0 Å². The Labute approximate surface area is 132 Å². The molecule has 0 amide bonds. The van der Waals surface area contributed by atoms with Gasteiger partial charge in [-0.25, -0.2) is 8.42 Å². The molecule has 0 aliphatic rings. The topological polar surface area (TPSA) is 83.9 Å². The Balaban J connectivity index is 3.15. The lowest BCUT2D eigenvalue weighted by Gasteiger charge is -2.22. The first-order valence-electron chi connectivity index (χ1n) is 6.30. The van der Waals surface area contributed by atoms with Crippen LogP contribution in [-0.2, 0) is 14.8 Å². The second-order valence-corrected chi connectivity index (χ2v) is 7.28. The molecule has 1 atom stereocenters. The third-order valence-corrected chi connectivity index (χ3v) is 5.60. The lowest BCUT2D eigenvalue weighted by molar-refractivity contribution is -0.141. The fourth-order valence-electron chi connectivity index (χ4n) is 1.73. The first-order valence-corrected chi connectivity index (χ1v) is 8.53. The van der Waals surface area contributed by atoms with Crippen molar-refractivity contribution in [3.8, 4) is 5.75 Å². The van der Waals surface area contributed by atoms with Gasteiger partial charge in [0.15, 0.2) is 0 Å². The Bertz CT molecular complexity index is 617. The van der Waals surface area contributed by atoms with Crippen molar-refractivity contribution in [3.63, 3.8) is 0 Å². The largest absolute Gasteiger partial charge is 0.496 e. The van der Waals surface area contributed by atoms with E-state index in [0.717, 1.165) is 4.31 Å². The summed E-state index contributed by atoms with van der Waals surface area (Å²) < 4.78 is 32.0. The standard InChI is InChI=1S/C13H18BrNO5S/c1-4-15(8-9(2)13(16)17)21(18,19)10-5-6-11(14)12(7-10)20-3/h5-7,9H,4,8H2,1-3H3,(H,16,17)/t9-/m1/s1. The van der Waals surface area contributed by atoms with Crippen LogP contribution in [-0.4, -0.2) is 44.0 Å². The molecule has 1 aromatic rings. The van der Waals surface area contributed by atoms with Crippen molar-refractivity contribution in [3.05, 3.63) is 22.7 Å². The zero-order valence-corrected chi connectivity index (χ0v) is 14.4. The van der Waals surface area contributed by atoms with Crippen molar-refractivity contribution in [1.82, 2.24) is 4.31 Å². The number of methoxy groups -OCH3 is 1. The highest BCUT2D eigenvalue weighted by Crippen LogP contribution is 2.29. The van der Waals surface area contributed by atoms with Crippen molar-refractivity contribution in [2.75, 3.05) is 20.2 Å². The number of carbonyl (C=O) groups is 1. The summed E-state index contributed by atoms with van der Waals surface area (Å²) in [5, 5.41) is 8.93. The van der Waals surface area contributed by atoms with E-state index in [2.05, 4.69) is 15.9 Å². The van der Waals surface area contributed by atoms with Crippen LogP contribution in [0.1, 0.15) is 13.8 Å². The van der Waals surface area contributed by atoms with Crippen molar-refractivity contribution >= 4 is 31.9 Å². The highest BCUT2D eigenvalue weighted by Gasteiger charge is 2.27. The van der Waals surface area contributed by atoms with Crippen LogP contribution in [0.3, 0.4) is 0 Å². The second kappa shape index (κ2) is 7.24. The van der Waals surface area contributed by atoms with Gasteiger partial charge >= 0.3 is 5.97 Å². The fraction of sp³-hybridized carbons (Fsp3) is 0.462. The van der Waals surface area contributed by atoms with E-state index < -0.39 is 21.9 Å². The van der Waals surface area contributed by atoms with Crippen LogP contribution < -0.4 is 4.74 Å². The normalized spacial score (nSPS) is 13.2. The van der Waals surface area contributed by atoms with Crippen molar-refractivity contribution in [2.45, 2.75) is 18.7 Å². The van der Waals surface area contributed by atoms with Gasteiger partial charge in [0.2, 0.25) is 10.0 Å². The molecule has 6 nitrogen and oxygen atoms in total. The summed E-state index contributed by atoms with van der Waals surface area (Å²) in [7, 11) is -2.31. The number of aliphatic carboxylic acids is 1. The van der Waals surface area contributed by atoms with Gasteiger partial charge in [0, 0.05) is 19.2 Å². The third kappa shape index (κ3) is 4.18. The van der Waals surface area contributed by atoms with Gasteiger partial charge in [0.05, 0.1) is 22.4 Å². The average molecular weight is 380 g/mol. The molecule has 0 aliphatic heterocycles. The van der Waals surface area contributed by atoms with Gasteiger partial charge in [-0.05, 0) is 28.1 Å². The Morgan fingerprint density at radius 3 is 2.57 bits per heavy atom. The molecule has 0 bridgehead atoms. The number of sulfonamides is 1. The summed E-state index contributed by atoms with van der Waals surface area (Å²) in [5.41, 5.74) is 0. The fourth-order valence-corrected chi connectivity index (χ4v) is 3.69. The molecular weight excluding hydrogens is 362 g/mol. The Morgan fingerprint density at radius 1 is 1.48 bits per heavy atom. The van der Waals surface area contributed by atoms with Gasteiger partial charge < -0.3 is 9.84 Å². The molecule has 21 heavy (non-hydrogen) atoms. The minimum Gasteiger partial charge on any atom is -0.496 e. The molecule has 0 saturated carbocycles. The maximum absolute atomic E-state index is 12.6. The van der Waals surface area contributed by atoms with Crippen molar-refractivity contribution < 1.29 is 23.1 Å². The highest BCUT2D eigenvalue weighted by molar-refractivity contribution is 9.10. The minimum atomic E-state index is -3.76. The zero-order valence-electron chi connectivity index (χ0n) is 12.0. The maximum atomic E-state index is 12.6. The molecule has 0 unspecified atom stereocenters. The van der Waals surface area contributed by atoms with E-state index in [1.54, 1.807) is 13.0 Å². The van der Waals surface area contributed by atoms with Crippen LogP contribution in [0.15, 0.2) is 27.6 Å². The third-order valence-electron chi connectivity index (χ3n) is 3.01. The maximum Gasteiger partial charge on any atom is 0.307 e. The SMILES string of the molecule is CCN(C[C@@H](C)C(=O)O)S(=O)(=O)c1ccc(Br)c(OC)c1. The number of benzene rings is 1. The summed E-state index contributed by atoms with van der Waals surface area (Å²) in [6.07, 6.45) is 0. The predicted octanol–water partition coefficient (Wildman–Crippen LogP) is 2.19. The smallest absolute Gasteiger partial charge is 0.307 e. The predicted molar refractivity (Wildman–Crippen MR) is 81.9 cm³/mol. The summed E-state index contributed by atoms with van der Waals surface area (Å²) in [6.45, 7) is 3.26. The quantitative estimate of drug-likeness (QED) is 0.784.